The predicted octanol–water partition coefficient (Wildman–Crippen LogP) is 2.98. The number of hydrogen-bond donors (Lipinski definition) is 2. The number of morpholine rings is 1. The quantitative estimate of drug-likeness (QED) is 0.684. The van der Waals surface area contributed by atoms with Crippen molar-refractivity contribution in [2.75, 3.05) is 31.6 Å². The van der Waals surface area contributed by atoms with Crippen LogP contribution in [0.5, 0.6) is 0 Å². The highest BCUT2D eigenvalue weighted by Crippen LogP contribution is 2.33. The molecular weight excluding hydrogens is 380 g/mol. The number of nitrogens with zero attached hydrogens (tertiary/aromatic N) is 2. The van der Waals surface area contributed by atoms with Gasteiger partial charge in [0.2, 0.25) is 11.8 Å². The third-order valence-electron chi connectivity index (χ3n) is 5.71. The van der Waals surface area contributed by atoms with Gasteiger partial charge in [-0.2, -0.15) is 0 Å². The summed E-state index contributed by atoms with van der Waals surface area (Å²) in [5, 5.41) is 3.94. The van der Waals surface area contributed by atoms with Crippen LogP contribution in [0.15, 0.2) is 42.6 Å². The van der Waals surface area contributed by atoms with E-state index in [2.05, 4.69) is 15.3 Å². The zero-order valence-electron chi connectivity index (χ0n) is 16.7. The van der Waals surface area contributed by atoms with Crippen molar-refractivity contribution in [3.05, 3.63) is 48.2 Å². The molecule has 2 N–H and O–H groups in total. The minimum absolute atomic E-state index is 0.0383. The van der Waals surface area contributed by atoms with Crippen LogP contribution in [0.1, 0.15) is 18.4 Å². The first-order valence-corrected chi connectivity index (χ1v) is 10.4. The molecule has 7 nitrogen and oxygen atoms in total. The van der Waals surface area contributed by atoms with Gasteiger partial charge in [0.25, 0.3) is 0 Å². The van der Waals surface area contributed by atoms with E-state index in [0.717, 1.165) is 40.6 Å². The standard InChI is InChI=1S/C23H24N4O3/c28-21(27-9-11-30-12-10-27)13-15-1-3-16(4-2-15)19-14-20(26-23(29)17-5-6-17)25-22-18(19)7-8-24-22/h1-4,7-8,14,17H,5-6,9-13H2,(H2,24,25,26,29). The lowest BCUT2D eigenvalue weighted by Gasteiger charge is -2.26. The molecule has 0 radical (unpaired) electrons. The first kappa shape index (κ1) is 18.8. The van der Waals surface area contributed by atoms with Gasteiger partial charge in [0.05, 0.1) is 19.6 Å². The van der Waals surface area contributed by atoms with Crippen molar-refractivity contribution in [1.29, 1.82) is 0 Å². The fraction of sp³-hybridized carbons (Fsp3) is 0.348. The number of ether oxygens (including phenoxy) is 1. The number of rotatable bonds is 5. The van der Waals surface area contributed by atoms with Crippen molar-refractivity contribution in [3.8, 4) is 11.1 Å². The molecule has 0 spiro atoms. The van der Waals surface area contributed by atoms with E-state index in [-0.39, 0.29) is 17.7 Å². The Morgan fingerprint density at radius 1 is 1.13 bits per heavy atom. The van der Waals surface area contributed by atoms with Crippen molar-refractivity contribution in [1.82, 2.24) is 14.9 Å². The molecule has 0 atom stereocenters. The molecule has 1 aliphatic heterocycles. The van der Waals surface area contributed by atoms with E-state index in [9.17, 15) is 9.59 Å². The van der Waals surface area contributed by atoms with Crippen molar-refractivity contribution in [3.63, 3.8) is 0 Å². The molecule has 154 valence electrons. The number of carbonyl (C=O) groups excluding carboxylic acids is 2. The molecule has 0 bridgehead atoms. The van der Waals surface area contributed by atoms with E-state index in [0.29, 0.717) is 38.5 Å². The minimum Gasteiger partial charge on any atom is -0.378 e. The second-order valence-electron chi connectivity index (χ2n) is 7.93. The van der Waals surface area contributed by atoms with Gasteiger partial charge in [-0.3, -0.25) is 9.59 Å². The molecule has 3 heterocycles. The van der Waals surface area contributed by atoms with Crippen LogP contribution in [0.3, 0.4) is 0 Å². The molecule has 2 aliphatic rings. The minimum atomic E-state index is 0.0383. The molecule has 1 saturated heterocycles. The van der Waals surface area contributed by atoms with Crippen LogP contribution in [0.2, 0.25) is 0 Å². The Morgan fingerprint density at radius 3 is 2.63 bits per heavy atom. The Balaban J connectivity index is 1.37. The molecule has 2 fully saturated rings. The van der Waals surface area contributed by atoms with Crippen LogP contribution in [0.25, 0.3) is 22.2 Å². The van der Waals surface area contributed by atoms with Crippen molar-refractivity contribution in [2.24, 2.45) is 5.92 Å². The van der Waals surface area contributed by atoms with Gasteiger partial charge >= 0.3 is 0 Å². The van der Waals surface area contributed by atoms with E-state index in [4.69, 9.17) is 4.74 Å². The predicted molar refractivity (Wildman–Crippen MR) is 114 cm³/mol. The van der Waals surface area contributed by atoms with Crippen LogP contribution >= 0.6 is 0 Å². The first-order chi connectivity index (χ1) is 14.7. The number of H-pyrrole nitrogens is 1. The zero-order valence-corrected chi connectivity index (χ0v) is 16.7. The van der Waals surface area contributed by atoms with Crippen LogP contribution in [0.4, 0.5) is 5.82 Å². The van der Waals surface area contributed by atoms with Crippen LogP contribution in [-0.2, 0) is 20.7 Å². The fourth-order valence-electron chi connectivity index (χ4n) is 3.82. The maximum Gasteiger partial charge on any atom is 0.228 e. The summed E-state index contributed by atoms with van der Waals surface area (Å²) in [4.78, 5) is 34.2. The lowest BCUT2D eigenvalue weighted by atomic mass is 10.0. The normalized spacial score (nSPS) is 16.6. The largest absolute Gasteiger partial charge is 0.378 e. The van der Waals surface area contributed by atoms with Gasteiger partial charge in [0.15, 0.2) is 0 Å². The number of fused-ring (bicyclic) bond motifs is 1. The Morgan fingerprint density at radius 2 is 1.90 bits per heavy atom. The second kappa shape index (κ2) is 7.91. The highest BCUT2D eigenvalue weighted by molar-refractivity contribution is 5.99. The number of benzene rings is 1. The molecule has 5 rings (SSSR count). The highest BCUT2D eigenvalue weighted by atomic mass is 16.5. The Bertz CT molecular complexity index is 1080. The molecule has 2 amide bonds. The molecule has 1 saturated carbocycles. The topological polar surface area (TPSA) is 87.3 Å². The first-order valence-electron chi connectivity index (χ1n) is 10.4. The van der Waals surface area contributed by atoms with Crippen LogP contribution in [-0.4, -0.2) is 53.0 Å². The number of carbonyl (C=O) groups is 2. The zero-order chi connectivity index (χ0) is 20.5. The molecule has 30 heavy (non-hydrogen) atoms. The van der Waals surface area contributed by atoms with E-state index in [1.54, 1.807) is 0 Å². The van der Waals surface area contributed by atoms with E-state index in [1.807, 2.05) is 47.5 Å². The molecular formula is C23H24N4O3. The Labute approximate surface area is 174 Å². The number of aromatic nitrogens is 2. The van der Waals surface area contributed by atoms with Crippen molar-refractivity contribution < 1.29 is 14.3 Å². The number of anilines is 1. The summed E-state index contributed by atoms with van der Waals surface area (Å²) in [6.45, 7) is 2.54. The van der Waals surface area contributed by atoms with Gasteiger partial charge in [0, 0.05) is 30.6 Å². The van der Waals surface area contributed by atoms with E-state index >= 15 is 0 Å². The summed E-state index contributed by atoms with van der Waals surface area (Å²) >= 11 is 0. The molecule has 7 heteroatoms. The number of hydrogen-bond acceptors (Lipinski definition) is 4. The molecule has 0 unspecified atom stereocenters. The lowest BCUT2D eigenvalue weighted by molar-refractivity contribution is -0.134. The third kappa shape index (κ3) is 3.93. The van der Waals surface area contributed by atoms with Gasteiger partial charge < -0.3 is 19.9 Å². The summed E-state index contributed by atoms with van der Waals surface area (Å²) in [6.07, 6.45) is 4.14. The average Bonchev–Trinajstić information content (AvgIpc) is 3.52. The SMILES string of the molecule is O=C(Nc1cc(-c2ccc(CC(=O)N3CCOCC3)cc2)c2cc[nH]c2n1)C1CC1. The summed E-state index contributed by atoms with van der Waals surface area (Å²) < 4.78 is 5.32. The number of pyridine rings is 1. The van der Waals surface area contributed by atoms with Crippen LogP contribution in [0, 0.1) is 5.92 Å². The number of nitrogens with one attached hydrogen (secondary N) is 2. The van der Waals surface area contributed by atoms with Crippen molar-refractivity contribution in [2.45, 2.75) is 19.3 Å². The summed E-state index contributed by atoms with van der Waals surface area (Å²) in [5.41, 5.74) is 3.74. The lowest BCUT2D eigenvalue weighted by Crippen LogP contribution is -2.41. The van der Waals surface area contributed by atoms with Crippen molar-refractivity contribution >= 4 is 28.7 Å². The van der Waals surface area contributed by atoms with Gasteiger partial charge in [-0.05, 0) is 41.7 Å². The number of aromatic amines is 1. The molecule has 2 aromatic heterocycles. The summed E-state index contributed by atoms with van der Waals surface area (Å²) in [6, 6.07) is 11.9. The van der Waals surface area contributed by atoms with E-state index < -0.39 is 0 Å². The fourth-order valence-corrected chi connectivity index (χ4v) is 3.82. The molecule has 3 aromatic rings. The third-order valence-corrected chi connectivity index (χ3v) is 5.71. The van der Waals surface area contributed by atoms with Gasteiger partial charge in [-0.25, -0.2) is 4.98 Å². The average molecular weight is 404 g/mol. The van der Waals surface area contributed by atoms with E-state index in [1.165, 1.54) is 0 Å². The molecule has 1 aliphatic carbocycles. The maximum atomic E-state index is 12.5. The van der Waals surface area contributed by atoms with Gasteiger partial charge in [0.1, 0.15) is 11.5 Å². The summed E-state index contributed by atoms with van der Waals surface area (Å²) in [7, 11) is 0. The van der Waals surface area contributed by atoms with Gasteiger partial charge in [-0.1, -0.05) is 24.3 Å². The Kier molecular flexibility index (Phi) is 4.96. The monoisotopic (exact) mass is 404 g/mol. The van der Waals surface area contributed by atoms with Gasteiger partial charge in [-0.15, -0.1) is 0 Å². The molecule has 1 aromatic carbocycles. The summed E-state index contributed by atoms with van der Waals surface area (Å²) in [5.74, 6) is 0.852. The smallest absolute Gasteiger partial charge is 0.228 e. The second-order valence-corrected chi connectivity index (χ2v) is 7.93. The number of amides is 2. The van der Waals surface area contributed by atoms with Crippen LogP contribution < -0.4 is 5.32 Å². The Hall–Kier alpha value is -3.19. The maximum absolute atomic E-state index is 12.5. The highest BCUT2D eigenvalue weighted by Gasteiger charge is 2.30.